The molecule has 2 heterocycles. The first-order chi connectivity index (χ1) is 10.1. The molecular weight excluding hydrogens is 266 g/mol. The normalized spacial score (nSPS) is 16.0. The fourth-order valence-electron chi connectivity index (χ4n) is 2.45. The molecule has 0 saturated carbocycles. The van der Waals surface area contributed by atoms with Gasteiger partial charge in [-0.3, -0.25) is 4.79 Å². The number of hydrogen-bond donors (Lipinski definition) is 1. The summed E-state index contributed by atoms with van der Waals surface area (Å²) in [5.41, 5.74) is 0.492. The smallest absolute Gasteiger partial charge is 0.272 e. The highest BCUT2D eigenvalue weighted by Crippen LogP contribution is 2.11. The maximum Gasteiger partial charge on any atom is 0.272 e. The van der Waals surface area contributed by atoms with Crippen LogP contribution in [0.2, 0.25) is 0 Å². The van der Waals surface area contributed by atoms with Crippen LogP contribution in [0.3, 0.4) is 0 Å². The van der Waals surface area contributed by atoms with Crippen LogP contribution in [0.25, 0.3) is 0 Å². The summed E-state index contributed by atoms with van der Waals surface area (Å²) in [7, 11) is 0. The number of nitrogens with one attached hydrogen (secondary N) is 1. The van der Waals surface area contributed by atoms with E-state index in [1.165, 1.54) is 0 Å². The molecule has 0 spiro atoms. The molecule has 0 aliphatic carbocycles. The van der Waals surface area contributed by atoms with Gasteiger partial charge in [-0.1, -0.05) is 13.8 Å². The summed E-state index contributed by atoms with van der Waals surface area (Å²) in [6.07, 6.45) is 1.02. The van der Waals surface area contributed by atoms with E-state index in [1.54, 1.807) is 6.07 Å². The first-order valence-electron chi connectivity index (χ1n) is 7.75. The lowest BCUT2D eigenvalue weighted by atomic mass is 10.2. The van der Waals surface area contributed by atoms with E-state index in [4.69, 9.17) is 0 Å². The number of carbonyl (C=O) groups excluding carboxylic acids is 1. The van der Waals surface area contributed by atoms with Crippen molar-refractivity contribution in [3.63, 3.8) is 0 Å². The molecule has 1 aromatic rings. The number of hydrogen-bond acceptors (Lipinski definition) is 5. The van der Waals surface area contributed by atoms with Gasteiger partial charge in [-0.2, -0.15) is 0 Å². The van der Waals surface area contributed by atoms with E-state index in [0.29, 0.717) is 11.5 Å². The van der Waals surface area contributed by atoms with Crippen LogP contribution < -0.4 is 5.32 Å². The number of rotatable bonds is 5. The Labute approximate surface area is 126 Å². The van der Waals surface area contributed by atoms with Gasteiger partial charge in [-0.25, -0.2) is 9.97 Å². The van der Waals surface area contributed by atoms with Crippen molar-refractivity contribution in [1.82, 2.24) is 19.8 Å². The fraction of sp³-hybridized carbons (Fsp3) is 0.667. The van der Waals surface area contributed by atoms with Crippen LogP contribution in [-0.2, 0) is 0 Å². The molecule has 1 aliphatic rings. The lowest BCUT2D eigenvalue weighted by Crippen LogP contribution is -2.48. The van der Waals surface area contributed by atoms with Crippen LogP contribution in [-0.4, -0.2) is 64.9 Å². The van der Waals surface area contributed by atoms with E-state index in [2.05, 4.69) is 34.0 Å². The highest BCUT2D eigenvalue weighted by molar-refractivity contribution is 5.93. The topological polar surface area (TPSA) is 61.4 Å². The minimum absolute atomic E-state index is 0.0100. The second-order valence-corrected chi connectivity index (χ2v) is 5.34. The Hall–Kier alpha value is -1.69. The quantitative estimate of drug-likeness (QED) is 0.888. The first kappa shape index (κ1) is 15.7. The Morgan fingerprint density at radius 2 is 1.95 bits per heavy atom. The molecule has 6 heteroatoms. The van der Waals surface area contributed by atoms with Gasteiger partial charge in [0.1, 0.15) is 17.3 Å². The molecule has 0 atom stereocenters. The van der Waals surface area contributed by atoms with E-state index < -0.39 is 0 Å². The number of piperazine rings is 1. The molecule has 0 radical (unpaired) electrons. The maximum absolute atomic E-state index is 12.6. The third-order valence-electron chi connectivity index (χ3n) is 3.72. The molecule has 0 aromatic carbocycles. The number of amides is 1. The molecule has 1 saturated heterocycles. The van der Waals surface area contributed by atoms with Crippen molar-refractivity contribution in [3.8, 4) is 0 Å². The number of anilines is 1. The Kier molecular flexibility index (Phi) is 5.50. The molecule has 1 aromatic heterocycles. The molecule has 1 fully saturated rings. The molecule has 21 heavy (non-hydrogen) atoms. The van der Waals surface area contributed by atoms with Crippen molar-refractivity contribution in [2.45, 2.75) is 27.2 Å². The first-order valence-corrected chi connectivity index (χ1v) is 7.75. The summed E-state index contributed by atoms with van der Waals surface area (Å²) >= 11 is 0. The average molecular weight is 291 g/mol. The highest BCUT2D eigenvalue weighted by Gasteiger charge is 2.22. The van der Waals surface area contributed by atoms with Gasteiger partial charge >= 0.3 is 0 Å². The minimum Gasteiger partial charge on any atom is -0.370 e. The molecule has 1 N–H and O–H groups in total. The Morgan fingerprint density at radius 1 is 1.24 bits per heavy atom. The predicted molar refractivity (Wildman–Crippen MR) is 83.6 cm³/mol. The minimum atomic E-state index is 0.0100. The molecule has 116 valence electrons. The highest BCUT2D eigenvalue weighted by atomic mass is 16.2. The standard InChI is InChI=1S/C15H25N5O/c1-4-6-16-14-11-13(17-12(3)18-14)15(21)20-9-7-19(5-2)8-10-20/h11H,4-10H2,1-3H3,(H,16,17,18). The van der Waals surface area contributed by atoms with Gasteiger partial charge < -0.3 is 15.1 Å². The second kappa shape index (κ2) is 7.36. The third-order valence-corrected chi connectivity index (χ3v) is 3.72. The molecule has 1 aliphatic heterocycles. The summed E-state index contributed by atoms with van der Waals surface area (Å²) < 4.78 is 0. The van der Waals surface area contributed by atoms with Gasteiger partial charge in [0, 0.05) is 38.8 Å². The molecule has 2 rings (SSSR count). The summed E-state index contributed by atoms with van der Waals surface area (Å²) in [5, 5.41) is 3.22. The molecule has 6 nitrogen and oxygen atoms in total. The summed E-state index contributed by atoms with van der Waals surface area (Å²) in [4.78, 5) is 25.4. The zero-order valence-corrected chi connectivity index (χ0v) is 13.2. The zero-order chi connectivity index (χ0) is 15.2. The lowest BCUT2D eigenvalue weighted by molar-refractivity contribution is 0.0637. The summed E-state index contributed by atoms with van der Waals surface area (Å²) in [6.45, 7) is 11.4. The SMILES string of the molecule is CCCNc1cc(C(=O)N2CCN(CC)CC2)nc(C)n1. The van der Waals surface area contributed by atoms with Crippen molar-refractivity contribution in [1.29, 1.82) is 0 Å². The third kappa shape index (κ3) is 4.14. The number of nitrogens with zero attached hydrogens (tertiary/aromatic N) is 4. The maximum atomic E-state index is 12.6. The Morgan fingerprint density at radius 3 is 2.57 bits per heavy atom. The van der Waals surface area contributed by atoms with Gasteiger partial charge in [0.25, 0.3) is 5.91 Å². The fourth-order valence-corrected chi connectivity index (χ4v) is 2.45. The van der Waals surface area contributed by atoms with Crippen LogP contribution in [0.4, 0.5) is 5.82 Å². The van der Waals surface area contributed by atoms with Crippen molar-refractivity contribution in [2.24, 2.45) is 0 Å². The number of likely N-dealkylation sites (N-methyl/N-ethyl adjacent to an activating group) is 1. The number of aryl methyl sites for hydroxylation is 1. The Bertz CT molecular complexity index is 483. The number of aromatic nitrogens is 2. The van der Waals surface area contributed by atoms with E-state index >= 15 is 0 Å². The zero-order valence-electron chi connectivity index (χ0n) is 13.2. The Balaban J connectivity index is 2.06. The van der Waals surface area contributed by atoms with Gasteiger partial charge in [0.2, 0.25) is 0 Å². The van der Waals surface area contributed by atoms with Crippen LogP contribution in [0.5, 0.6) is 0 Å². The van der Waals surface area contributed by atoms with Crippen molar-refractivity contribution >= 4 is 11.7 Å². The van der Waals surface area contributed by atoms with E-state index in [1.807, 2.05) is 11.8 Å². The largest absolute Gasteiger partial charge is 0.370 e. The molecular formula is C15H25N5O. The van der Waals surface area contributed by atoms with Crippen LogP contribution in [0.15, 0.2) is 6.07 Å². The van der Waals surface area contributed by atoms with Crippen LogP contribution in [0.1, 0.15) is 36.6 Å². The number of carbonyl (C=O) groups is 1. The van der Waals surface area contributed by atoms with Gasteiger partial charge in [-0.15, -0.1) is 0 Å². The van der Waals surface area contributed by atoms with E-state index in [0.717, 1.165) is 51.5 Å². The predicted octanol–water partition coefficient (Wildman–Crippen LogP) is 1.38. The molecule has 0 bridgehead atoms. The molecule has 0 unspecified atom stereocenters. The van der Waals surface area contributed by atoms with Gasteiger partial charge in [0.15, 0.2) is 0 Å². The summed E-state index contributed by atoms with van der Waals surface area (Å²) in [5.74, 6) is 1.38. The summed E-state index contributed by atoms with van der Waals surface area (Å²) in [6, 6.07) is 1.76. The van der Waals surface area contributed by atoms with E-state index in [9.17, 15) is 4.79 Å². The van der Waals surface area contributed by atoms with Crippen molar-refractivity contribution in [2.75, 3.05) is 44.6 Å². The van der Waals surface area contributed by atoms with E-state index in [-0.39, 0.29) is 5.91 Å². The van der Waals surface area contributed by atoms with Crippen LogP contribution >= 0.6 is 0 Å². The average Bonchev–Trinajstić information content (AvgIpc) is 2.51. The lowest BCUT2D eigenvalue weighted by Gasteiger charge is -2.33. The van der Waals surface area contributed by atoms with Gasteiger partial charge in [-0.05, 0) is 19.9 Å². The molecule has 1 amide bonds. The second-order valence-electron chi connectivity index (χ2n) is 5.34. The van der Waals surface area contributed by atoms with Crippen molar-refractivity contribution in [3.05, 3.63) is 17.6 Å². The van der Waals surface area contributed by atoms with Crippen molar-refractivity contribution < 1.29 is 4.79 Å². The monoisotopic (exact) mass is 291 g/mol. The van der Waals surface area contributed by atoms with Gasteiger partial charge in [0.05, 0.1) is 0 Å². The van der Waals surface area contributed by atoms with Crippen LogP contribution in [0, 0.1) is 6.92 Å².